The minimum Gasteiger partial charge on any atom is -0.355 e. The van der Waals surface area contributed by atoms with Gasteiger partial charge in [-0.15, -0.1) is 11.5 Å². The van der Waals surface area contributed by atoms with Gasteiger partial charge in [0, 0.05) is 22.8 Å². The Hall–Kier alpha value is -3.66. The van der Waals surface area contributed by atoms with E-state index in [0.717, 1.165) is 44.4 Å². The van der Waals surface area contributed by atoms with Gasteiger partial charge < -0.3 is 14.4 Å². The summed E-state index contributed by atoms with van der Waals surface area (Å²) in [5.41, 5.74) is 5.74. The molecule has 1 aliphatic heterocycles. The third-order valence-electron chi connectivity index (χ3n) is 7.88. The molecule has 4 aromatic carbocycles. The second kappa shape index (κ2) is 10.1. The topological polar surface area (TPSA) is 24.3 Å². The molecule has 0 bridgehead atoms. The second-order valence-electron chi connectivity index (χ2n) is 10.7. The molecule has 0 saturated carbocycles. The molecular formula is C34H30N4PtSi. The average molecular weight is 721 g/mol. The number of pyridine rings is 1. The van der Waals surface area contributed by atoms with E-state index in [-0.39, 0.29) is 27.7 Å². The molecule has 6 heteroatoms. The molecule has 0 radical (unpaired) electrons. The summed E-state index contributed by atoms with van der Waals surface area (Å²) in [5.74, 6) is 0.883. The number of anilines is 3. The molecule has 40 heavy (non-hydrogen) atoms. The summed E-state index contributed by atoms with van der Waals surface area (Å²) in [4.78, 5) is 8.25. The summed E-state index contributed by atoms with van der Waals surface area (Å²) in [6.45, 7) is 4.75. The molecular weight excluding hydrogens is 688 g/mol. The zero-order valence-electron chi connectivity index (χ0n) is 25.5. The summed E-state index contributed by atoms with van der Waals surface area (Å²) < 4.78 is 26.5. The van der Waals surface area contributed by atoms with Crippen molar-refractivity contribution in [3.63, 3.8) is 0 Å². The maximum atomic E-state index is 8.08. The molecule has 0 fully saturated rings. The van der Waals surface area contributed by atoms with Gasteiger partial charge in [-0.1, -0.05) is 54.6 Å². The fraction of sp³-hybridized carbons (Fsp3) is 0.147. The van der Waals surface area contributed by atoms with Crippen LogP contribution in [0.25, 0.3) is 27.6 Å². The Labute approximate surface area is 255 Å². The van der Waals surface area contributed by atoms with Crippen molar-refractivity contribution in [3.8, 4) is 5.82 Å². The average Bonchev–Trinajstić information content (AvgIpc) is 3.54. The van der Waals surface area contributed by atoms with Gasteiger partial charge in [0.05, 0.1) is 26.1 Å². The molecule has 1 aliphatic rings. The predicted octanol–water partition coefficient (Wildman–Crippen LogP) is 6.45. The van der Waals surface area contributed by atoms with Crippen LogP contribution in [0.4, 0.5) is 17.1 Å². The molecule has 2 aromatic heterocycles. The van der Waals surface area contributed by atoms with Crippen molar-refractivity contribution >= 4 is 57.3 Å². The quantitative estimate of drug-likeness (QED) is 0.155. The number of aromatic nitrogens is 2. The van der Waals surface area contributed by atoms with Crippen LogP contribution in [0.1, 0.15) is 9.68 Å². The fourth-order valence-electron chi connectivity index (χ4n) is 5.68. The third-order valence-corrected chi connectivity index (χ3v) is 11.2. The molecule has 0 aliphatic carbocycles. The number of fused-ring (bicyclic) bond motifs is 4. The summed E-state index contributed by atoms with van der Waals surface area (Å²) in [6, 6.07) is 38.5. The minimum absolute atomic E-state index is 0. The zero-order chi connectivity index (χ0) is 29.2. The van der Waals surface area contributed by atoms with E-state index in [1.807, 2.05) is 47.5 Å². The Kier molecular flexibility index (Phi) is 5.81. The molecule has 0 unspecified atom stereocenters. The van der Waals surface area contributed by atoms with Crippen LogP contribution in [-0.2, 0) is 21.1 Å². The normalized spacial score (nSPS) is 14.5. The first-order valence-electron chi connectivity index (χ1n) is 14.7. The molecule has 7 rings (SSSR count). The van der Waals surface area contributed by atoms with Crippen molar-refractivity contribution in [2.45, 2.75) is 20.0 Å². The largest absolute Gasteiger partial charge is 2.00 e. The monoisotopic (exact) mass is 720 g/mol. The van der Waals surface area contributed by atoms with Gasteiger partial charge in [0.1, 0.15) is 5.82 Å². The van der Waals surface area contributed by atoms with Crippen molar-refractivity contribution in [2.24, 2.45) is 0 Å². The molecule has 6 aromatic rings. The number of hydrogen-bond acceptors (Lipinski definition) is 3. The van der Waals surface area contributed by atoms with Crippen LogP contribution < -0.4 is 20.2 Å². The first-order chi connectivity index (χ1) is 20.1. The van der Waals surface area contributed by atoms with Crippen molar-refractivity contribution < 1.29 is 25.2 Å². The third kappa shape index (κ3) is 4.20. The first-order valence-corrected chi connectivity index (χ1v) is 16.2. The van der Waals surface area contributed by atoms with Crippen LogP contribution in [0.2, 0.25) is 13.1 Å². The number of aryl methyl sites for hydroxylation is 1. The van der Waals surface area contributed by atoms with Crippen molar-refractivity contribution in [1.29, 1.82) is 0 Å². The summed E-state index contributed by atoms with van der Waals surface area (Å²) >= 11 is 0. The Morgan fingerprint density at radius 2 is 1.60 bits per heavy atom. The van der Waals surface area contributed by atoms with Crippen LogP contribution in [-0.4, -0.2) is 31.3 Å². The first kappa shape index (κ1) is 23.1. The number of benzene rings is 4. The molecule has 0 amide bonds. The molecule has 200 valence electrons. The van der Waals surface area contributed by atoms with Crippen LogP contribution >= 0.6 is 0 Å². The van der Waals surface area contributed by atoms with Crippen LogP contribution in [0, 0.1) is 19.1 Å². The van der Waals surface area contributed by atoms with E-state index in [4.69, 9.17) is 9.10 Å². The van der Waals surface area contributed by atoms with Gasteiger partial charge >= 0.3 is 21.1 Å². The number of hydrogen-bond donors (Lipinski definition) is 0. The minimum atomic E-state index is -2.28. The van der Waals surface area contributed by atoms with E-state index in [9.17, 15) is 0 Å². The number of nitrogens with zero attached hydrogens (tertiary/aromatic N) is 4. The molecule has 0 saturated heterocycles. The Balaban J connectivity index is 0.00000329. The van der Waals surface area contributed by atoms with Crippen molar-refractivity contribution in [3.05, 3.63) is 115 Å². The Morgan fingerprint density at radius 3 is 2.42 bits per heavy atom. The standard InChI is InChI=1S/C34H30N4Si.Pt/c1-24-18-19-35-34(20-24)38-30-13-6-5-12-28(30)29-17-16-27(22-33(29)38)39(3,4)26-11-9-10-25(21-26)37-23-36(2)31-14-7-8-15-32(31)37;/h5-20H,23H2,1-4H3;/q-2;+2/i2D3;. The van der Waals surface area contributed by atoms with E-state index in [2.05, 4.69) is 91.3 Å². The summed E-state index contributed by atoms with van der Waals surface area (Å²) in [5, 5.41) is 4.64. The maximum Gasteiger partial charge on any atom is 2.00 e. The Bertz CT molecular complexity index is 1980. The van der Waals surface area contributed by atoms with E-state index < -0.39 is 15.0 Å². The molecule has 0 atom stereocenters. The van der Waals surface area contributed by atoms with Crippen molar-refractivity contribution in [1.82, 2.24) is 9.55 Å². The summed E-state index contributed by atoms with van der Waals surface area (Å²) in [7, 11) is -2.28. The Morgan fingerprint density at radius 1 is 0.825 bits per heavy atom. The van der Waals surface area contributed by atoms with Crippen LogP contribution in [0.3, 0.4) is 0 Å². The van der Waals surface area contributed by atoms with Gasteiger partial charge in [-0.3, -0.25) is 0 Å². The predicted molar refractivity (Wildman–Crippen MR) is 166 cm³/mol. The van der Waals surface area contributed by atoms with Crippen LogP contribution in [0.5, 0.6) is 0 Å². The summed E-state index contributed by atoms with van der Waals surface area (Å²) in [6.07, 6.45) is 1.86. The van der Waals surface area contributed by atoms with E-state index in [0.29, 0.717) is 5.69 Å². The van der Waals surface area contributed by atoms with Gasteiger partial charge in [0.25, 0.3) is 0 Å². The maximum absolute atomic E-state index is 8.08. The van der Waals surface area contributed by atoms with Gasteiger partial charge in [-0.05, 0) is 48.2 Å². The van der Waals surface area contributed by atoms with E-state index in [1.165, 1.54) is 15.5 Å². The molecule has 0 spiro atoms. The number of para-hydroxylation sites is 3. The smallest absolute Gasteiger partial charge is 0.355 e. The van der Waals surface area contributed by atoms with Crippen LogP contribution in [0.15, 0.2) is 97.2 Å². The second-order valence-corrected chi connectivity index (χ2v) is 15.1. The van der Waals surface area contributed by atoms with E-state index in [1.54, 1.807) is 0 Å². The van der Waals surface area contributed by atoms with E-state index >= 15 is 0 Å². The fourth-order valence-corrected chi connectivity index (χ4v) is 7.86. The molecule has 4 nitrogen and oxygen atoms in total. The molecule has 0 N–H and O–H groups in total. The van der Waals surface area contributed by atoms with Gasteiger partial charge in [-0.2, -0.15) is 46.8 Å². The molecule has 3 heterocycles. The van der Waals surface area contributed by atoms with Gasteiger partial charge in [0.15, 0.2) is 0 Å². The van der Waals surface area contributed by atoms with Gasteiger partial charge in [-0.25, -0.2) is 4.98 Å². The zero-order valence-corrected chi connectivity index (χ0v) is 25.8. The number of rotatable bonds is 4. The van der Waals surface area contributed by atoms with Crippen molar-refractivity contribution in [2.75, 3.05) is 23.4 Å². The van der Waals surface area contributed by atoms with Gasteiger partial charge in [0.2, 0.25) is 0 Å². The SMILES string of the molecule is [2H]C([2H])([2H])N1CN(c2[c-]c([Si](C)(C)c3[c-]c4c(cc3)c3ccccc3n4-c3cc(C)ccn3)ccc2)c2ccccc21.[Pt+2].